The van der Waals surface area contributed by atoms with Crippen molar-refractivity contribution in [1.82, 2.24) is 0 Å². The topological polar surface area (TPSA) is 20.2 Å². The maximum atomic E-state index is 10.1. The van der Waals surface area contributed by atoms with Crippen molar-refractivity contribution < 1.29 is 5.11 Å². The van der Waals surface area contributed by atoms with Gasteiger partial charge in [0.15, 0.2) is 0 Å². The Labute approximate surface area is 102 Å². The molecular formula is C15H30O. The van der Waals surface area contributed by atoms with Crippen molar-refractivity contribution in [3.8, 4) is 0 Å². The molecule has 0 saturated heterocycles. The van der Waals surface area contributed by atoms with Crippen LogP contribution in [0.1, 0.15) is 66.7 Å². The minimum Gasteiger partial charge on any atom is -0.393 e. The number of hydrogen-bond acceptors (Lipinski definition) is 1. The van der Waals surface area contributed by atoms with Gasteiger partial charge in [-0.3, -0.25) is 0 Å². The third kappa shape index (κ3) is 4.45. The van der Waals surface area contributed by atoms with Gasteiger partial charge in [0.05, 0.1) is 6.10 Å². The molecule has 1 nitrogen and oxygen atoms in total. The summed E-state index contributed by atoms with van der Waals surface area (Å²) in [6.45, 7) is 11.5. The summed E-state index contributed by atoms with van der Waals surface area (Å²) in [5.41, 5.74) is 0.407. The molecule has 0 bridgehead atoms. The highest BCUT2D eigenvalue weighted by Gasteiger charge is 2.31. The zero-order chi connectivity index (χ0) is 12.3. The van der Waals surface area contributed by atoms with Crippen LogP contribution in [0.2, 0.25) is 0 Å². The highest BCUT2D eigenvalue weighted by Crippen LogP contribution is 2.37. The van der Waals surface area contributed by atoms with E-state index in [1.54, 1.807) is 0 Å². The van der Waals surface area contributed by atoms with Gasteiger partial charge in [0.25, 0.3) is 0 Å². The summed E-state index contributed by atoms with van der Waals surface area (Å²) in [6.07, 6.45) is 5.91. The van der Waals surface area contributed by atoms with Gasteiger partial charge in [0.2, 0.25) is 0 Å². The third-order valence-corrected chi connectivity index (χ3v) is 4.19. The smallest absolute Gasteiger partial charge is 0.0568 e. The van der Waals surface area contributed by atoms with E-state index in [-0.39, 0.29) is 6.10 Å². The summed E-state index contributed by atoms with van der Waals surface area (Å²) in [6, 6.07) is 0. The first kappa shape index (κ1) is 14.0. The lowest BCUT2D eigenvalue weighted by atomic mass is 9.72. The van der Waals surface area contributed by atoms with Crippen LogP contribution in [0.3, 0.4) is 0 Å². The second-order valence-corrected chi connectivity index (χ2v) is 7.24. The zero-order valence-electron chi connectivity index (χ0n) is 11.8. The molecule has 0 aliphatic heterocycles. The first-order valence-corrected chi connectivity index (χ1v) is 6.97. The SMILES string of the molecule is CC(C)C1CCC(O)C(CCC(C)(C)C)C1. The molecule has 1 heteroatoms. The first-order chi connectivity index (χ1) is 7.29. The highest BCUT2D eigenvalue weighted by atomic mass is 16.3. The lowest BCUT2D eigenvalue weighted by Gasteiger charge is -2.36. The molecule has 1 saturated carbocycles. The lowest BCUT2D eigenvalue weighted by molar-refractivity contribution is 0.0285. The van der Waals surface area contributed by atoms with Crippen molar-refractivity contribution in [2.45, 2.75) is 72.8 Å². The maximum Gasteiger partial charge on any atom is 0.0568 e. The highest BCUT2D eigenvalue weighted by molar-refractivity contribution is 4.82. The minimum atomic E-state index is -0.0302. The van der Waals surface area contributed by atoms with E-state index in [1.165, 1.54) is 25.7 Å². The van der Waals surface area contributed by atoms with Crippen molar-refractivity contribution in [1.29, 1.82) is 0 Å². The molecule has 1 aliphatic carbocycles. The Bertz CT molecular complexity index is 202. The molecule has 0 radical (unpaired) electrons. The number of aliphatic hydroxyl groups is 1. The predicted molar refractivity (Wildman–Crippen MR) is 70.4 cm³/mol. The second-order valence-electron chi connectivity index (χ2n) is 7.24. The van der Waals surface area contributed by atoms with E-state index in [9.17, 15) is 5.11 Å². The molecule has 96 valence electrons. The molecule has 0 aromatic carbocycles. The van der Waals surface area contributed by atoms with Crippen LogP contribution in [0, 0.1) is 23.2 Å². The summed E-state index contributed by atoms with van der Waals surface area (Å²) < 4.78 is 0. The van der Waals surface area contributed by atoms with Crippen LogP contribution in [0.5, 0.6) is 0 Å². The number of rotatable bonds is 3. The Hall–Kier alpha value is -0.0400. The third-order valence-electron chi connectivity index (χ3n) is 4.19. The maximum absolute atomic E-state index is 10.1. The van der Waals surface area contributed by atoms with Gasteiger partial charge in [-0.05, 0) is 55.3 Å². The average Bonchev–Trinajstić information content (AvgIpc) is 2.14. The van der Waals surface area contributed by atoms with E-state index >= 15 is 0 Å². The molecule has 3 atom stereocenters. The molecule has 0 aromatic rings. The van der Waals surface area contributed by atoms with Crippen molar-refractivity contribution in [3.05, 3.63) is 0 Å². The molecule has 1 aliphatic rings. The van der Waals surface area contributed by atoms with Crippen molar-refractivity contribution in [3.63, 3.8) is 0 Å². The number of hydrogen-bond donors (Lipinski definition) is 1. The lowest BCUT2D eigenvalue weighted by Crippen LogP contribution is -2.31. The molecule has 16 heavy (non-hydrogen) atoms. The Morgan fingerprint density at radius 2 is 1.81 bits per heavy atom. The van der Waals surface area contributed by atoms with Crippen molar-refractivity contribution in [2.75, 3.05) is 0 Å². The normalized spacial score (nSPS) is 32.1. The van der Waals surface area contributed by atoms with E-state index in [0.29, 0.717) is 11.3 Å². The second kappa shape index (κ2) is 5.53. The van der Waals surface area contributed by atoms with E-state index in [4.69, 9.17) is 0 Å². The molecule has 0 amide bonds. The zero-order valence-corrected chi connectivity index (χ0v) is 11.8. The standard InChI is InChI=1S/C15H30O/c1-11(2)12-6-7-14(16)13(10-12)8-9-15(3,4)5/h11-14,16H,6-10H2,1-5H3. The van der Waals surface area contributed by atoms with Crippen LogP contribution < -0.4 is 0 Å². The van der Waals surface area contributed by atoms with Crippen LogP contribution in [0.25, 0.3) is 0 Å². The van der Waals surface area contributed by atoms with Gasteiger partial charge in [-0.1, -0.05) is 34.6 Å². The minimum absolute atomic E-state index is 0.0302. The molecule has 1 rings (SSSR count). The largest absolute Gasteiger partial charge is 0.393 e. The summed E-state index contributed by atoms with van der Waals surface area (Å²) in [5.74, 6) is 2.18. The fraction of sp³-hybridized carbons (Fsp3) is 1.00. The van der Waals surface area contributed by atoms with E-state index in [0.717, 1.165) is 18.3 Å². The van der Waals surface area contributed by atoms with Gasteiger partial charge in [-0.2, -0.15) is 0 Å². The van der Waals surface area contributed by atoms with E-state index in [2.05, 4.69) is 34.6 Å². The Morgan fingerprint density at radius 1 is 1.19 bits per heavy atom. The van der Waals surface area contributed by atoms with Gasteiger partial charge < -0.3 is 5.11 Å². The quantitative estimate of drug-likeness (QED) is 0.763. The van der Waals surface area contributed by atoms with Gasteiger partial charge in [0.1, 0.15) is 0 Å². The molecule has 1 fully saturated rings. The predicted octanol–water partition coefficient (Wildman–Crippen LogP) is 4.25. The van der Waals surface area contributed by atoms with Crippen LogP contribution >= 0.6 is 0 Å². The molecule has 0 spiro atoms. The first-order valence-electron chi connectivity index (χ1n) is 6.97. The van der Waals surface area contributed by atoms with Crippen LogP contribution in [-0.4, -0.2) is 11.2 Å². The molecule has 3 unspecified atom stereocenters. The van der Waals surface area contributed by atoms with Gasteiger partial charge >= 0.3 is 0 Å². The Balaban J connectivity index is 2.44. The van der Waals surface area contributed by atoms with Crippen LogP contribution in [0.15, 0.2) is 0 Å². The fourth-order valence-corrected chi connectivity index (χ4v) is 2.82. The molecule has 0 heterocycles. The molecule has 1 N–H and O–H groups in total. The van der Waals surface area contributed by atoms with Gasteiger partial charge in [0, 0.05) is 0 Å². The number of aliphatic hydroxyl groups excluding tert-OH is 1. The van der Waals surface area contributed by atoms with E-state index < -0.39 is 0 Å². The molecule has 0 aromatic heterocycles. The Morgan fingerprint density at radius 3 is 2.31 bits per heavy atom. The summed E-state index contributed by atoms with van der Waals surface area (Å²) in [4.78, 5) is 0. The Kier molecular flexibility index (Phi) is 4.85. The van der Waals surface area contributed by atoms with Crippen molar-refractivity contribution in [2.24, 2.45) is 23.2 Å². The van der Waals surface area contributed by atoms with E-state index in [1.807, 2.05) is 0 Å². The van der Waals surface area contributed by atoms with Crippen LogP contribution in [-0.2, 0) is 0 Å². The fourth-order valence-electron chi connectivity index (χ4n) is 2.82. The monoisotopic (exact) mass is 226 g/mol. The summed E-state index contributed by atoms with van der Waals surface area (Å²) in [5, 5.41) is 10.1. The van der Waals surface area contributed by atoms with Crippen LogP contribution in [0.4, 0.5) is 0 Å². The van der Waals surface area contributed by atoms with Gasteiger partial charge in [-0.25, -0.2) is 0 Å². The van der Waals surface area contributed by atoms with Gasteiger partial charge in [-0.15, -0.1) is 0 Å². The average molecular weight is 226 g/mol. The van der Waals surface area contributed by atoms with Crippen molar-refractivity contribution >= 4 is 0 Å². The summed E-state index contributed by atoms with van der Waals surface area (Å²) >= 11 is 0. The molecular weight excluding hydrogens is 196 g/mol. The summed E-state index contributed by atoms with van der Waals surface area (Å²) in [7, 11) is 0.